The van der Waals surface area contributed by atoms with Crippen LogP contribution in [0.1, 0.15) is 20.8 Å². The smallest absolute Gasteiger partial charge is 0.169 e. The van der Waals surface area contributed by atoms with Gasteiger partial charge in [-0.3, -0.25) is 0 Å². The number of piperazine rings is 1. The fourth-order valence-electron chi connectivity index (χ4n) is 2.55. The molecule has 1 aliphatic rings. The zero-order chi connectivity index (χ0) is 15.9. The third-order valence-electron chi connectivity index (χ3n) is 3.73. The summed E-state index contributed by atoms with van der Waals surface area (Å²) in [7, 11) is 0. The molecule has 1 heterocycles. The highest BCUT2D eigenvalue weighted by atomic mass is 32.1. The molecule has 2 rings (SSSR count). The fraction of sp³-hybridized carbons (Fsp3) is 0.588. The number of nitrogens with one attached hydrogen (secondary N) is 1. The van der Waals surface area contributed by atoms with Crippen molar-refractivity contribution in [3.63, 3.8) is 0 Å². The predicted molar refractivity (Wildman–Crippen MR) is 96.8 cm³/mol. The molecule has 22 heavy (non-hydrogen) atoms. The van der Waals surface area contributed by atoms with Gasteiger partial charge in [0.2, 0.25) is 0 Å². The average molecular weight is 321 g/mol. The molecule has 1 saturated heterocycles. The molecular formula is C17H27N3OS. The van der Waals surface area contributed by atoms with Gasteiger partial charge in [-0.1, -0.05) is 26.0 Å². The summed E-state index contributed by atoms with van der Waals surface area (Å²) in [5, 5.41) is 4.23. The Kier molecular flexibility index (Phi) is 6.31. The number of ether oxygens (including phenoxy) is 1. The number of anilines is 1. The van der Waals surface area contributed by atoms with Gasteiger partial charge in [0.15, 0.2) is 5.11 Å². The molecule has 0 amide bonds. The molecule has 122 valence electrons. The maximum Gasteiger partial charge on any atom is 0.169 e. The van der Waals surface area contributed by atoms with E-state index < -0.39 is 0 Å². The minimum Gasteiger partial charge on any atom is -0.492 e. The van der Waals surface area contributed by atoms with Crippen LogP contribution < -0.4 is 15.0 Å². The van der Waals surface area contributed by atoms with Crippen molar-refractivity contribution in [2.75, 3.05) is 44.2 Å². The van der Waals surface area contributed by atoms with Crippen molar-refractivity contribution in [1.82, 2.24) is 10.2 Å². The maximum absolute atomic E-state index is 5.74. The van der Waals surface area contributed by atoms with Crippen LogP contribution in [0.5, 0.6) is 5.75 Å². The van der Waals surface area contributed by atoms with E-state index >= 15 is 0 Å². The summed E-state index contributed by atoms with van der Waals surface area (Å²) < 4.78 is 5.74. The van der Waals surface area contributed by atoms with Gasteiger partial charge in [0.1, 0.15) is 5.75 Å². The SMILES string of the molecule is CCOc1ccccc1N1CCN(C(=S)NCC(C)C)CC1. The van der Waals surface area contributed by atoms with Gasteiger partial charge in [-0.15, -0.1) is 0 Å². The number of para-hydroxylation sites is 2. The van der Waals surface area contributed by atoms with Crippen LogP contribution in [-0.2, 0) is 0 Å². The van der Waals surface area contributed by atoms with Crippen molar-refractivity contribution in [2.24, 2.45) is 5.92 Å². The van der Waals surface area contributed by atoms with E-state index in [1.807, 2.05) is 19.1 Å². The molecule has 1 fully saturated rings. The minimum absolute atomic E-state index is 0.609. The van der Waals surface area contributed by atoms with Gasteiger partial charge < -0.3 is 19.9 Å². The van der Waals surface area contributed by atoms with E-state index in [-0.39, 0.29) is 0 Å². The largest absolute Gasteiger partial charge is 0.492 e. The zero-order valence-corrected chi connectivity index (χ0v) is 14.7. The van der Waals surface area contributed by atoms with Gasteiger partial charge >= 0.3 is 0 Å². The Morgan fingerprint density at radius 1 is 1.23 bits per heavy atom. The highest BCUT2D eigenvalue weighted by molar-refractivity contribution is 7.80. The van der Waals surface area contributed by atoms with Crippen LogP contribution in [0.3, 0.4) is 0 Å². The van der Waals surface area contributed by atoms with Gasteiger partial charge in [0.25, 0.3) is 0 Å². The lowest BCUT2D eigenvalue weighted by molar-refractivity contribution is 0.335. The lowest BCUT2D eigenvalue weighted by atomic mass is 10.2. The van der Waals surface area contributed by atoms with E-state index in [1.165, 1.54) is 5.69 Å². The summed E-state index contributed by atoms with van der Waals surface area (Å²) in [6, 6.07) is 8.27. The van der Waals surface area contributed by atoms with Crippen LogP contribution in [0.2, 0.25) is 0 Å². The molecule has 0 saturated carbocycles. The first-order valence-corrected chi connectivity index (χ1v) is 8.52. The van der Waals surface area contributed by atoms with Crippen molar-refractivity contribution in [2.45, 2.75) is 20.8 Å². The van der Waals surface area contributed by atoms with Crippen molar-refractivity contribution in [3.8, 4) is 5.75 Å². The lowest BCUT2D eigenvalue weighted by Crippen LogP contribution is -2.52. The average Bonchev–Trinajstić information content (AvgIpc) is 2.53. The third-order valence-corrected chi connectivity index (χ3v) is 4.14. The number of rotatable bonds is 5. The van der Waals surface area contributed by atoms with Gasteiger partial charge in [0, 0.05) is 32.7 Å². The first-order chi connectivity index (χ1) is 10.6. The topological polar surface area (TPSA) is 27.7 Å². The standard InChI is InChI=1S/C17H27N3OS/c1-4-21-16-8-6-5-7-15(16)19-9-11-20(12-10-19)17(22)18-13-14(2)3/h5-8,14H,4,9-13H2,1-3H3,(H,18,22). The molecule has 1 N–H and O–H groups in total. The van der Waals surface area contributed by atoms with Gasteiger partial charge in [-0.25, -0.2) is 0 Å². The minimum atomic E-state index is 0.609. The highest BCUT2D eigenvalue weighted by Crippen LogP contribution is 2.28. The molecule has 1 aromatic carbocycles. The number of hydrogen-bond donors (Lipinski definition) is 1. The van der Waals surface area contributed by atoms with Crippen LogP contribution in [-0.4, -0.2) is 49.3 Å². The van der Waals surface area contributed by atoms with Crippen molar-refractivity contribution >= 4 is 23.0 Å². The summed E-state index contributed by atoms with van der Waals surface area (Å²) in [5.41, 5.74) is 1.19. The quantitative estimate of drug-likeness (QED) is 0.842. The first-order valence-electron chi connectivity index (χ1n) is 8.11. The van der Waals surface area contributed by atoms with Crippen molar-refractivity contribution < 1.29 is 4.74 Å². The maximum atomic E-state index is 5.74. The molecule has 0 bridgehead atoms. The molecule has 0 unspecified atom stereocenters. The molecular weight excluding hydrogens is 294 g/mol. The molecule has 0 spiro atoms. The Balaban J connectivity index is 1.91. The second-order valence-corrected chi connectivity index (χ2v) is 6.34. The van der Waals surface area contributed by atoms with Crippen molar-refractivity contribution in [1.29, 1.82) is 0 Å². The Morgan fingerprint density at radius 2 is 1.91 bits per heavy atom. The molecule has 4 nitrogen and oxygen atoms in total. The van der Waals surface area contributed by atoms with Gasteiger partial charge in [-0.05, 0) is 37.2 Å². The van der Waals surface area contributed by atoms with E-state index in [2.05, 4.69) is 41.1 Å². The van der Waals surface area contributed by atoms with Gasteiger partial charge in [-0.2, -0.15) is 0 Å². The summed E-state index contributed by atoms with van der Waals surface area (Å²) in [6.07, 6.45) is 0. The van der Waals surface area contributed by atoms with Crippen LogP contribution in [0.4, 0.5) is 5.69 Å². The van der Waals surface area contributed by atoms with Gasteiger partial charge in [0.05, 0.1) is 12.3 Å². The number of thiocarbonyl (C=S) groups is 1. The molecule has 5 heteroatoms. The van der Waals surface area contributed by atoms with Crippen molar-refractivity contribution in [3.05, 3.63) is 24.3 Å². The van der Waals surface area contributed by atoms with E-state index in [0.29, 0.717) is 12.5 Å². The lowest BCUT2D eigenvalue weighted by Gasteiger charge is -2.38. The second-order valence-electron chi connectivity index (χ2n) is 5.95. The fourth-order valence-corrected chi connectivity index (χ4v) is 2.82. The van der Waals surface area contributed by atoms with E-state index in [4.69, 9.17) is 17.0 Å². The summed E-state index contributed by atoms with van der Waals surface area (Å²) in [6.45, 7) is 11.9. The Hall–Kier alpha value is -1.49. The molecule has 0 aromatic heterocycles. The zero-order valence-electron chi connectivity index (χ0n) is 13.8. The Bertz CT molecular complexity index is 485. The summed E-state index contributed by atoms with van der Waals surface area (Å²) in [4.78, 5) is 4.64. The van der Waals surface area contributed by atoms with E-state index in [1.54, 1.807) is 0 Å². The molecule has 1 aliphatic heterocycles. The number of benzene rings is 1. The third kappa shape index (κ3) is 4.50. The normalized spacial score (nSPS) is 15.1. The van der Waals surface area contributed by atoms with Crippen LogP contribution in [0, 0.1) is 5.92 Å². The second kappa shape index (κ2) is 8.22. The summed E-state index contributed by atoms with van der Waals surface area (Å²) >= 11 is 5.49. The number of hydrogen-bond acceptors (Lipinski definition) is 3. The van der Waals surface area contributed by atoms with E-state index in [0.717, 1.165) is 43.6 Å². The molecule has 1 aromatic rings. The Morgan fingerprint density at radius 3 is 2.55 bits per heavy atom. The van der Waals surface area contributed by atoms with E-state index in [9.17, 15) is 0 Å². The van der Waals surface area contributed by atoms with Crippen LogP contribution >= 0.6 is 12.2 Å². The molecule has 0 radical (unpaired) electrons. The predicted octanol–water partition coefficient (Wildman–Crippen LogP) is 2.74. The molecule has 0 aliphatic carbocycles. The summed E-state index contributed by atoms with van der Waals surface area (Å²) in [5.74, 6) is 1.58. The monoisotopic (exact) mass is 321 g/mol. The highest BCUT2D eigenvalue weighted by Gasteiger charge is 2.21. The van der Waals surface area contributed by atoms with Crippen LogP contribution in [0.25, 0.3) is 0 Å². The first kappa shape index (κ1) is 16.9. The molecule has 0 atom stereocenters. The number of nitrogens with zero attached hydrogens (tertiary/aromatic N) is 2. The van der Waals surface area contributed by atoms with Crippen LogP contribution in [0.15, 0.2) is 24.3 Å². The Labute approximate surface area is 139 Å².